The van der Waals surface area contributed by atoms with Crippen LogP contribution in [0.15, 0.2) is 18.2 Å². The fourth-order valence-electron chi connectivity index (χ4n) is 2.62. The molecule has 0 spiro atoms. The van der Waals surface area contributed by atoms with E-state index in [1.54, 1.807) is 0 Å². The molecule has 1 aliphatic rings. The van der Waals surface area contributed by atoms with Gasteiger partial charge in [0.1, 0.15) is 0 Å². The topological polar surface area (TPSA) is 43.1 Å². The van der Waals surface area contributed by atoms with Crippen molar-refractivity contribution >= 4 is 18.2 Å². The number of carbonyl (C=O) groups is 1. The third-order valence-corrected chi connectivity index (χ3v) is 3.81. The molecule has 0 saturated heterocycles. The van der Waals surface area contributed by atoms with Crippen LogP contribution in [0.1, 0.15) is 49.3 Å². The van der Waals surface area contributed by atoms with Crippen molar-refractivity contribution in [3.8, 4) is 0 Å². The Morgan fingerprint density at radius 3 is 2.74 bits per heavy atom. The first-order chi connectivity index (χ1) is 8.70. The number of nitrogens with two attached hydrogens (primary N) is 1. The summed E-state index contributed by atoms with van der Waals surface area (Å²) in [5.74, 6) is 0.186. The molecule has 1 atom stereocenters. The molecule has 1 unspecified atom stereocenters. The number of rotatable bonds is 5. The van der Waals surface area contributed by atoms with Crippen LogP contribution < -0.4 is 5.73 Å². The maximum Gasteiger partial charge on any atom is 0.154 e. The smallest absolute Gasteiger partial charge is 0.154 e. The number of hydrogen-bond donors (Lipinski definition) is 1. The van der Waals surface area contributed by atoms with Crippen LogP contribution in [0.3, 0.4) is 0 Å². The summed E-state index contributed by atoms with van der Waals surface area (Å²) < 4.78 is 0. The largest absolute Gasteiger partial charge is 0.321 e. The van der Waals surface area contributed by atoms with E-state index in [9.17, 15) is 4.79 Å². The second kappa shape index (κ2) is 7.66. The predicted octanol–water partition coefficient (Wildman–Crippen LogP) is 3.23. The van der Waals surface area contributed by atoms with E-state index in [0.717, 1.165) is 6.42 Å². The third kappa shape index (κ3) is 4.32. The number of unbranched alkanes of at least 4 members (excludes halogenated alkanes) is 3. The highest BCUT2D eigenvalue weighted by atomic mass is 35.5. The SMILES string of the molecule is CCCCCCc1ccc2c(c1)CC(=O)C(N)C2.Cl. The van der Waals surface area contributed by atoms with Crippen molar-refractivity contribution in [1.29, 1.82) is 0 Å². The average Bonchev–Trinajstić information content (AvgIpc) is 2.36. The second-order valence-electron chi connectivity index (χ2n) is 5.37. The van der Waals surface area contributed by atoms with Crippen molar-refractivity contribution in [3.63, 3.8) is 0 Å². The molecule has 0 bridgehead atoms. The van der Waals surface area contributed by atoms with Gasteiger partial charge in [0.2, 0.25) is 0 Å². The lowest BCUT2D eigenvalue weighted by Gasteiger charge is -2.21. The summed E-state index contributed by atoms with van der Waals surface area (Å²) in [6.07, 6.45) is 7.52. The number of aryl methyl sites for hydroxylation is 1. The second-order valence-corrected chi connectivity index (χ2v) is 5.37. The number of Topliss-reactive ketones (excluding diaryl/α,β-unsaturated/α-hetero) is 1. The summed E-state index contributed by atoms with van der Waals surface area (Å²) >= 11 is 0. The van der Waals surface area contributed by atoms with Gasteiger partial charge in [-0.05, 0) is 36.0 Å². The zero-order chi connectivity index (χ0) is 13.0. The van der Waals surface area contributed by atoms with Gasteiger partial charge in [-0.1, -0.05) is 44.4 Å². The highest BCUT2D eigenvalue weighted by Gasteiger charge is 2.22. The van der Waals surface area contributed by atoms with Crippen LogP contribution in [0.25, 0.3) is 0 Å². The fraction of sp³-hybridized carbons (Fsp3) is 0.562. The first-order valence-corrected chi connectivity index (χ1v) is 7.09. The molecule has 0 saturated carbocycles. The Morgan fingerprint density at radius 2 is 2.00 bits per heavy atom. The van der Waals surface area contributed by atoms with Gasteiger partial charge < -0.3 is 5.73 Å². The molecular formula is C16H24ClNO. The molecular weight excluding hydrogens is 258 g/mol. The summed E-state index contributed by atoms with van der Waals surface area (Å²) in [7, 11) is 0. The third-order valence-electron chi connectivity index (χ3n) is 3.81. The Kier molecular flexibility index (Phi) is 6.53. The monoisotopic (exact) mass is 281 g/mol. The maximum atomic E-state index is 11.6. The van der Waals surface area contributed by atoms with E-state index in [4.69, 9.17) is 5.73 Å². The van der Waals surface area contributed by atoms with Crippen LogP contribution in [-0.2, 0) is 24.1 Å². The summed E-state index contributed by atoms with van der Waals surface area (Å²) in [6.45, 7) is 2.23. The number of halogens is 1. The van der Waals surface area contributed by atoms with E-state index < -0.39 is 0 Å². The van der Waals surface area contributed by atoms with Gasteiger partial charge in [0.15, 0.2) is 5.78 Å². The molecule has 19 heavy (non-hydrogen) atoms. The summed E-state index contributed by atoms with van der Waals surface area (Å²) in [4.78, 5) is 11.6. The Bertz CT molecular complexity index is 431. The molecule has 1 aromatic carbocycles. The van der Waals surface area contributed by atoms with Gasteiger partial charge in [0.05, 0.1) is 6.04 Å². The molecule has 2 rings (SSSR count). The number of ketones is 1. The van der Waals surface area contributed by atoms with Gasteiger partial charge in [0.25, 0.3) is 0 Å². The van der Waals surface area contributed by atoms with Crippen molar-refractivity contribution in [2.75, 3.05) is 0 Å². The molecule has 1 aliphatic carbocycles. The van der Waals surface area contributed by atoms with E-state index in [1.807, 2.05) is 0 Å². The Morgan fingerprint density at radius 1 is 1.21 bits per heavy atom. The molecule has 0 aromatic heterocycles. The van der Waals surface area contributed by atoms with Gasteiger partial charge >= 0.3 is 0 Å². The lowest BCUT2D eigenvalue weighted by atomic mass is 9.86. The van der Waals surface area contributed by atoms with Crippen molar-refractivity contribution in [2.45, 2.75) is 57.9 Å². The molecule has 3 heteroatoms. The molecule has 0 amide bonds. The van der Waals surface area contributed by atoms with Gasteiger partial charge in [-0.3, -0.25) is 4.79 Å². The van der Waals surface area contributed by atoms with E-state index >= 15 is 0 Å². The Hall–Kier alpha value is -0.860. The first-order valence-electron chi connectivity index (χ1n) is 7.09. The van der Waals surface area contributed by atoms with Crippen LogP contribution in [-0.4, -0.2) is 11.8 Å². The molecule has 106 valence electrons. The molecule has 0 heterocycles. The molecule has 1 aromatic rings. The lowest BCUT2D eigenvalue weighted by Crippen LogP contribution is -2.37. The number of fused-ring (bicyclic) bond motifs is 1. The minimum atomic E-state index is -0.284. The predicted molar refractivity (Wildman–Crippen MR) is 81.9 cm³/mol. The minimum Gasteiger partial charge on any atom is -0.321 e. The lowest BCUT2D eigenvalue weighted by molar-refractivity contribution is -0.120. The van der Waals surface area contributed by atoms with Crippen LogP contribution >= 0.6 is 12.4 Å². The van der Waals surface area contributed by atoms with Crippen LogP contribution in [0.4, 0.5) is 0 Å². The normalized spacial score (nSPS) is 17.8. The number of hydrogen-bond acceptors (Lipinski definition) is 2. The van der Waals surface area contributed by atoms with E-state index in [1.165, 1.54) is 42.4 Å². The van der Waals surface area contributed by atoms with E-state index in [0.29, 0.717) is 12.8 Å². The molecule has 2 nitrogen and oxygen atoms in total. The van der Waals surface area contributed by atoms with Gasteiger partial charge in [-0.25, -0.2) is 0 Å². The zero-order valence-electron chi connectivity index (χ0n) is 11.7. The van der Waals surface area contributed by atoms with E-state index in [2.05, 4.69) is 25.1 Å². The highest BCUT2D eigenvalue weighted by molar-refractivity contribution is 5.88. The number of carbonyl (C=O) groups excluding carboxylic acids is 1. The fourth-order valence-corrected chi connectivity index (χ4v) is 2.62. The molecule has 0 radical (unpaired) electrons. The quantitative estimate of drug-likeness (QED) is 0.842. The van der Waals surface area contributed by atoms with Crippen LogP contribution in [0, 0.1) is 0 Å². The molecule has 2 N–H and O–H groups in total. The summed E-state index contributed by atoms with van der Waals surface area (Å²) in [6, 6.07) is 6.29. The van der Waals surface area contributed by atoms with Crippen molar-refractivity contribution < 1.29 is 4.79 Å². The highest BCUT2D eigenvalue weighted by Crippen LogP contribution is 2.21. The first kappa shape index (κ1) is 16.2. The van der Waals surface area contributed by atoms with Gasteiger partial charge in [-0.15, -0.1) is 12.4 Å². The van der Waals surface area contributed by atoms with Crippen molar-refractivity contribution in [1.82, 2.24) is 0 Å². The van der Waals surface area contributed by atoms with Crippen molar-refractivity contribution in [2.24, 2.45) is 5.73 Å². The Balaban J connectivity index is 0.00000180. The van der Waals surface area contributed by atoms with Gasteiger partial charge in [0, 0.05) is 6.42 Å². The van der Waals surface area contributed by atoms with Crippen molar-refractivity contribution in [3.05, 3.63) is 34.9 Å². The van der Waals surface area contributed by atoms with Crippen LogP contribution in [0.5, 0.6) is 0 Å². The van der Waals surface area contributed by atoms with E-state index in [-0.39, 0.29) is 24.2 Å². The summed E-state index contributed by atoms with van der Waals surface area (Å²) in [5.41, 5.74) is 9.63. The van der Waals surface area contributed by atoms with Crippen LogP contribution in [0.2, 0.25) is 0 Å². The number of benzene rings is 1. The summed E-state index contributed by atoms with van der Waals surface area (Å²) in [5, 5.41) is 0. The standard InChI is InChI=1S/C16H23NO.ClH/c1-2-3-4-5-6-12-7-8-13-10-15(17)16(18)11-14(13)9-12;/h7-9,15H,2-6,10-11,17H2,1H3;1H. The maximum absolute atomic E-state index is 11.6. The Labute approximate surface area is 122 Å². The molecule has 0 fully saturated rings. The average molecular weight is 282 g/mol. The molecule has 0 aliphatic heterocycles. The zero-order valence-corrected chi connectivity index (χ0v) is 12.5. The minimum absolute atomic E-state index is 0. The van der Waals surface area contributed by atoms with Gasteiger partial charge in [-0.2, -0.15) is 0 Å².